The van der Waals surface area contributed by atoms with Crippen LogP contribution in [-0.4, -0.2) is 59.5 Å². The predicted molar refractivity (Wildman–Crippen MR) is 108 cm³/mol. The molecular formula is C18H21BrN4O4S. The molecule has 1 saturated heterocycles. The number of benzene rings is 1. The molecule has 2 aromatic rings. The smallest absolute Gasteiger partial charge is 0.274 e. The lowest BCUT2D eigenvalue weighted by atomic mass is 10.3. The molecule has 0 unspecified atom stereocenters. The maximum atomic E-state index is 12.8. The Hall–Kier alpha value is -2.04. The molecule has 0 aliphatic carbocycles. The van der Waals surface area contributed by atoms with E-state index in [2.05, 4.69) is 21.0 Å². The lowest BCUT2D eigenvalue weighted by Gasteiger charge is -2.33. The number of sulfonamides is 1. The second-order valence-electron chi connectivity index (χ2n) is 6.43. The molecule has 0 atom stereocenters. The largest absolute Gasteiger partial charge is 0.335 e. The zero-order valence-corrected chi connectivity index (χ0v) is 17.8. The third kappa shape index (κ3) is 4.34. The Labute approximate surface area is 171 Å². The van der Waals surface area contributed by atoms with Crippen LogP contribution in [0.5, 0.6) is 0 Å². The van der Waals surface area contributed by atoms with Crippen molar-refractivity contribution in [2.45, 2.75) is 24.8 Å². The third-order valence-electron chi connectivity index (χ3n) is 4.48. The van der Waals surface area contributed by atoms with Crippen molar-refractivity contribution in [1.82, 2.24) is 19.0 Å². The van der Waals surface area contributed by atoms with E-state index >= 15 is 0 Å². The zero-order chi connectivity index (χ0) is 20.3. The molecule has 0 N–H and O–H groups in total. The predicted octanol–water partition coefficient (Wildman–Crippen LogP) is 1.56. The van der Waals surface area contributed by atoms with Crippen LogP contribution in [0.1, 0.15) is 23.8 Å². The second kappa shape index (κ2) is 8.54. The zero-order valence-electron chi connectivity index (χ0n) is 15.4. The summed E-state index contributed by atoms with van der Waals surface area (Å²) in [5.41, 5.74) is -0.0559. The van der Waals surface area contributed by atoms with Gasteiger partial charge < -0.3 is 4.90 Å². The highest BCUT2D eigenvalue weighted by molar-refractivity contribution is 9.10. The molecule has 1 aromatic carbocycles. The standard InChI is InChI=1S/C18H21BrN4O4S/c1-2-8-23-17(24)7-6-16(20-23)18(25)21-9-11-22(12-10-21)28(26,27)15-5-3-4-14(19)13-15/h3-7,13H,2,8-12H2,1H3. The summed E-state index contributed by atoms with van der Waals surface area (Å²) < 4.78 is 28.9. The minimum absolute atomic E-state index is 0.191. The van der Waals surface area contributed by atoms with E-state index in [1.807, 2.05) is 6.92 Å². The quantitative estimate of drug-likeness (QED) is 0.663. The molecular weight excluding hydrogens is 448 g/mol. The minimum Gasteiger partial charge on any atom is -0.335 e. The first-order chi connectivity index (χ1) is 13.3. The van der Waals surface area contributed by atoms with Crippen molar-refractivity contribution in [1.29, 1.82) is 0 Å². The number of carbonyl (C=O) groups is 1. The molecule has 150 valence electrons. The van der Waals surface area contributed by atoms with Gasteiger partial charge >= 0.3 is 0 Å². The number of carbonyl (C=O) groups excluding carboxylic acids is 1. The topological polar surface area (TPSA) is 92.6 Å². The maximum absolute atomic E-state index is 12.8. The number of halogens is 1. The molecule has 1 fully saturated rings. The third-order valence-corrected chi connectivity index (χ3v) is 6.87. The van der Waals surface area contributed by atoms with Crippen LogP contribution in [0.3, 0.4) is 0 Å². The second-order valence-corrected chi connectivity index (χ2v) is 9.29. The summed E-state index contributed by atoms with van der Waals surface area (Å²) in [6.45, 7) is 3.30. The van der Waals surface area contributed by atoms with E-state index in [1.165, 1.54) is 21.1 Å². The number of amides is 1. The molecule has 28 heavy (non-hydrogen) atoms. The van der Waals surface area contributed by atoms with Gasteiger partial charge in [0.2, 0.25) is 10.0 Å². The summed E-state index contributed by atoms with van der Waals surface area (Å²) >= 11 is 3.29. The molecule has 0 radical (unpaired) electrons. The van der Waals surface area contributed by atoms with Gasteiger partial charge in [0, 0.05) is 43.3 Å². The molecule has 1 aliphatic rings. The van der Waals surface area contributed by atoms with Crippen LogP contribution in [-0.2, 0) is 16.6 Å². The van der Waals surface area contributed by atoms with E-state index in [4.69, 9.17) is 0 Å². The van der Waals surface area contributed by atoms with Crippen molar-refractivity contribution in [2.24, 2.45) is 0 Å². The van der Waals surface area contributed by atoms with Gasteiger partial charge in [-0.2, -0.15) is 9.40 Å². The fraction of sp³-hybridized carbons (Fsp3) is 0.389. The molecule has 1 aliphatic heterocycles. The van der Waals surface area contributed by atoms with Gasteiger partial charge in [0.1, 0.15) is 5.69 Å². The van der Waals surface area contributed by atoms with Crippen molar-refractivity contribution in [2.75, 3.05) is 26.2 Å². The number of piperazine rings is 1. The van der Waals surface area contributed by atoms with E-state index in [-0.39, 0.29) is 48.2 Å². The van der Waals surface area contributed by atoms with Crippen LogP contribution >= 0.6 is 15.9 Å². The van der Waals surface area contributed by atoms with Crippen molar-refractivity contribution < 1.29 is 13.2 Å². The van der Waals surface area contributed by atoms with Gasteiger partial charge in [-0.25, -0.2) is 13.1 Å². The fourth-order valence-electron chi connectivity index (χ4n) is 3.01. The van der Waals surface area contributed by atoms with E-state index in [0.717, 1.165) is 6.42 Å². The number of aromatic nitrogens is 2. The van der Waals surface area contributed by atoms with Crippen molar-refractivity contribution in [3.05, 3.63) is 56.9 Å². The van der Waals surface area contributed by atoms with Crippen LogP contribution in [0.2, 0.25) is 0 Å². The molecule has 0 spiro atoms. The molecule has 10 heteroatoms. The van der Waals surface area contributed by atoms with Gasteiger partial charge in [0.05, 0.1) is 4.90 Å². The van der Waals surface area contributed by atoms with Gasteiger partial charge in [-0.3, -0.25) is 9.59 Å². The first kappa shape index (κ1) is 20.7. The summed E-state index contributed by atoms with van der Waals surface area (Å²) in [4.78, 5) is 26.3. The highest BCUT2D eigenvalue weighted by Gasteiger charge is 2.31. The summed E-state index contributed by atoms with van der Waals surface area (Å²) in [5, 5.41) is 4.14. The van der Waals surface area contributed by atoms with E-state index in [1.54, 1.807) is 29.2 Å². The Kier molecular flexibility index (Phi) is 6.31. The molecule has 1 aromatic heterocycles. The Balaban J connectivity index is 1.71. The molecule has 0 bridgehead atoms. The first-order valence-corrected chi connectivity index (χ1v) is 11.2. The summed E-state index contributed by atoms with van der Waals surface area (Å²) in [6, 6.07) is 9.31. The average molecular weight is 469 g/mol. The normalized spacial score (nSPS) is 15.6. The number of rotatable bonds is 5. The summed E-state index contributed by atoms with van der Waals surface area (Å²) in [6.07, 6.45) is 0.733. The van der Waals surface area contributed by atoms with Crippen LogP contribution in [0.25, 0.3) is 0 Å². The number of hydrogen-bond donors (Lipinski definition) is 0. The summed E-state index contributed by atoms with van der Waals surface area (Å²) in [7, 11) is -3.61. The first-order valence-electron chi connectivity index (χ1n) is 8.96. The molecule has 1 amide bonds. The number of nitrogens with zero attached hydrogens (tertiary/aromatic N) is 4. The Bertz CT molecular complexity index is 1030. The number of aryl methyl sites for hydroxylation is 1. The maximum Gasteiger partial charge on any atom is 0.274 e. The Morgan fingerprint density at radius 1 is 1.14 bits per heavy atom. The van der Waals surface area contributed by atoms with E-state index in [9.17, 15) is 18.0 Å². The van der Waals surface area contributed by atoms with Crippen LogP contribution in [0.15, 0.2) is 50.6 Å². The van der Waals surface area contributed by atoms with Gasteiger partial charge in [0.25, 0.3) is 11.5 Å². The monoisotopic (exact) mass is 468 g/mol. The highest BCUT2D eigenvalue weighted by Crippen LogP contribution is 2.21. The Morgan fingerprint density at radius 2 is 1.86 bits per heavy atom. The van der Waals surface area contributed by atoms with Crippen molar-refractivity contribution >= 4 is 31.9 Å². The van der Waals surface area contributed by atoms with Crippen LogP contribution < -0.4 is 5.56 Å². The molecule has 8 nitrogen and oxygen atoms in total. The lowest BCUT2D eigenvalue weighted by Crippen LogP contribution is -2.50. The SMILES string of the molecule is CCCn1nc(C(=O)N2CCN(S(=O)(=O)c3cccc(Br)c3)CC2)ccc1=O. The van der Waals surface area contributed by atoms with Crippen molar-refractivity contribution in [3.63, 3.8) is 0 Å². The molecule has 0 saturated carbocycles. The van der Waals surface area contributed by atoms with Gasteiger partial charge in [-0.1, -0.05) is 28.9 Å². The Morgan fingerprint density at radius 3 is 2.50 bits per heavy atom. The van der Waals surface area contributed by atoms with E-state index < -0.39 is 10.0 Å². The van der Waals surface area contributed by atoms with Crippen LogP contribution in [0, 0.1) is 0 Å². The minimum atomic E-state index is -3.61. The fourth-order valence-corrected chi connectivity index (χ4v) is 5.02. The highest BCUT2D eigenvalue weighted by atomic mass is 79.9. The van der Waals surface area contributed by atoms with Crippen molar-refractivity contribution in [3.8, 4) is 0 Å². The van der Waals surface area contributed by atoms with Crippen LogP contribution in [0.4, 0.5) is 0 Å². The molecule has 2 heterocycles. The van der Waals surface area contributed by atoms with Gasteiger partial charge in [-0.15, -0.1) is 0 Å². The summed E-state index contributed by atoms with van der Waals surface area (Å²) in [5.74, 6) is -0.302. The molecule has 3 rings (SSSR count). The number of hydrogen-bond acceptors (Lipinski definition) is 5. The van der Waals surface area contributed by atoms with E-state index in [0.29, 0.717) is 11.0 Å². The van der Waals surface area contributed by atoms with Gasteiger partial charge in [0.15, 0.2) is 0 Å². The average Bonchev–Trinajstić information content (AvgIpc) is 2.69. The lowest BCUT2D eigenvalue weighted by molar-refractivity contribution is 0.0689. The van der Waals surface area contributed by atoms with Gasteiger partial charge in [-0.05, 0) is 30.7 Å².